The van der Waals surface area contributed by atoms with Gasteiger partial charge in [-0.05, 0) is 24.3 Å². The zero-order chi connectivity index (χ0) is 15.9. The zero-order valence-corrected chi connectivity index (χ0v) is 13.6. The van der Waals surface area contributed by atoms with Crippen LogP contribution in [-0.2, 0) is 0 Å². The molecule has 0 atom stereocenters. The Labute approximate surface area is 141 Å². The molecule has 23 heavy (non-hydrogen) atoms. The van der Waals surface area contributed by atoms with Crippen LogP contribution in [0.1, 0.15) is 0 Å². The van der Waals surface area contributed by atoms with Crippen LogP contribution in [0.4, 0.5) is 11.4 Å². The van der Waals surface area contributed by atoms with E-state index in [4.69, 9.17) is 11.6 Å². The Morgan fingerprint density at radius 1 is 0.870 bits per heavy atom. The molecule has 0 bridgehead atoms. The SMILES string of the molecule is Clc1ccccc1N1CCN(/C=C/N=Nc2ccccc2)CC1. The molecule has 0 unspecified atom stereocenters. The zero-order valence-electron chi connectivity index (χ0n) is 12.8. The summed E-state index contributed by atoms with van der Waals surface area (Å²) < 4.78 is 0. The Balaban J connectivity index is 1.50. The van der Waals surface area contributed by atoms with E-state index in [1.165, 1.54) is 0 Å². The maximum Gasteiger partial charge on any atom is 0.0856 e. The Morgan fingerprint density at radius 2 is 1.57 bits per heavy atom. The minimum absolute atomic E-state index is 0.813. The van der Waals surface area contributed by atoms with Crippen molar-refractivity contribution in [1.29, 1.82) is 0 Å². The van der Waals surface area contributed by atoms with Gasteiger partial charge in [0.15, 0.2) is 0 Å². The summed E-state index contributed by atoms with van der Waals surface area (Å²) in [6.45, 7) is 3.79. The Hall–Kier alpha value is -2.33. The quantitative estimate of drug-likeness (QED) is 0.761. The van der Waals surface area contributed by atoms with Crippen molar-refractivity contribution in [2.24, 2.45) is 10.2 Å². The summed E-state index contributed by atoms with van der Waals surface area (Å²) in [5, 5.41) is 9.06. The largest absolute Gasteiger partial charge is 0.373 e. The highest BCUT2D eigenvalue weighted by Crippen LogP contribution is 2.26. The molecule has 118 valence electrons. The molecule has 0 saturated carbocycles. The predicted octanol–water partition coefficient (Wildman–Crippen LogP) is 4.72. The molecule has 0 radical (unpaired) electrons. The van der Waals surface area contributed by atoms with Gasteiger partial charge in [0.1, 0.15) is 0 Å². The van der Waals surface area contributed by atoms with Crippen molar-refractivity contribution in [1.82, 2.24) is 4.90 Å². The van der Waals surface area contributed by atoms with Crippen molar-refractivity contribution < 1.29 is 0 Å². The Bertz CT molecular complexity index is 676. The lowest BCUT2D eigenvalue weighted by molar-refractivity contribution is 0.348. The van der Waals surface area contributed by atoms with Crippen molar-refractivity contribution in [3.8, 4) is 0 Å². The van der Waals surface area contributed by atoms with E-state index in [9.17, 15) is 0 Å². The molecule has 2 aromatic carbocycles. The van der Waals surface area contributed by atoms with Gasteiger partial charge in [0.2, 0.25) is 0 Å². The number of benzene rings is 2. The van der Waals surface area contributed by atoms with Gasteiger partial charge in [-0.1, -0.05) is 41.9 Å². The molecule has 1 fully saturated rings. The first-order chi connectivity index (χ1) is 11.3. The number of anilines is 1. The first-order valence-corrected chi connectivity index (χ1v) is 8.07. The van der Waals surface area contributed by atoms with Crippen molar-refractivity contribution in [3.05, 3.63) is 72.0 Å². The number of hydrogen-bond acceptors (Lipinski definition) is 4. The van der Waals surface area contributed by atoms with Gasteiger partial charge in [-0.15, -0.1) is 0 Å². The average molecular weight is 327 g/mol. The fourth-order valence-electron chi connectivity index (χ4n) is 2.54. The smallest absolute Gasteiger partial charge is 0.0856 e. The van der Waals surface area contributed by atoms with Crippen molar-refractivity contribution in [3.63, 3.8) is 0 Å². The number of para-hydroxylation sites is 1. The van der Waals surface area contributed by atoms with Crippen LogP contribution in [0.25, 0.3) is 0 Å². The van der Waals surface area contributed by atoms with Gasteiger partial charge in [-0.2, -0.15) is 10.2 Å². The summed E-state index contributed by atoms with van der Waals surface area (Å²) in [6, 6.07) is 17.7. The van der Waals surface area contributed by atoms with Crippen LogP contribution in [0.2, 0.25) is 5.02 Å². The molecule has 0 spiro atoms. The summed E-state index contributed by atoms with van der Waals surface area (Å²) in [7, 11) is 0. The summed E-state index contributed by atoms with van der Waals surface area (Å²) >= 11 is 6.26. The second-order valence-electron chi connectivity index (χ2n) is 5.32. The molecule has 0 amide bonds. The molecule has 1 heterocycles. The molecule has 1 aliphatic rings. The lowest BCUT2D eigenvalue weighted by Gasteiger charge is -2.35. The minimum Gasteiger partial charge on any atom is -0.373 e. The Morgan fingerprint density at radius 3 is 2.30 bits per heavy atom. The lowest BCUT2D eigenvalue weighted by Crippen LogP contribution is -2.44. The van der Waals surface area contributed by atoms with Gasteiger partial charge in [-0.3, -0.25) is 0 Å². The van der Waals surface area contributed by atoms with E-state index in [2.05, 4.69) is 26.1 Å². The first-order valence-electron chi connectivity index (χ1n) is 7.69. The van der Waals surface area contributed by atoms with Crippen molar-refractivity contribution in [2.45, 2.75) is 0 Å². The topological polar surface area (TPSA) is 31.2 Å². The van der Waals surface area contributed by atoms with Crippen LogP contribution in [0.15, 0.2) is 77.2 Å². The van der Waals surface area contributed by atoms with E-state index in [1.807, 2.05) is 54.7 Å². The minimum atomic E-state index is 0.813. The molecular formula is C18H19ClN4. The van der Waals surface area contributed by atoms with Gasteiger partial charge in [0, 0.05) is 32.4 Å². The molecular weight excluding hydrogens is 308 g/mol. The number of halogens is 1. The fourth-order valence-corrected chi connectivity index (χ4v) is 2.79. The lowest BCUT2D eigenvalue weighted by atomic mass is 10.2. The van der Waals surface area contributed by atoms with Gasteiger partial charge >= 0.3 is 0 Å². The van der Waals surface area contributed by atoms with Crippen LogP contribution in [0.3, 0.4) is 0 Å². The average Bonchev–Trinajstić information content (AvgIpc) is 2.61. The highest BCUT2D eigenvalue weighted by Gasteiger charge is 2.16. The number of azo groups is 1. The van der Waals surface area contributed by atoms with Gasteiger partial charge in [-0.25, -0.2) is 0 Å². The Kier molecular flexibility index (Phi) is 5.27. The molecule has 2 aromatic rings. The maximum absolute atomic E-state index is 6.26. The van der Waals surface area contributed by atoms with E-state index in [1.54, 1.807) is 6.20 Å². The fraction of sp³-hybridized carbons (Fsp3) is 0.222. The second-order valence-corrected chi connectivity index (χ2v) is 5.73. The number of rotatable bonds is 4. The molecule has 5 heteroatoms. The van der Waals surface area contributed by atoms with E-state index >= 15 is 0 Å². The van der Waals surface area contributed by atoms with Gasteiger partial charge in [0.25, 0.3) is 0 Å². The third-order valence-electron chi connectivity index (χ3n) is 3.78. The summed E-state index contributed by atoms with van der Waals surface area (Å²) in [4.78, 5) is 4.56. The molecule has 3 rings (SSSR count). The van der Waals surface area contributed by atoms with Crippen LogP contribution >= 0.6 is 11.6 Å². The van der Waals surface area contributed by atoms with E-state index in [0.29, 0.717) is 0 Å². The van der Waals surface area contributed by atoms with Gasteiger partial charge < -0.3 is 9.80 Å². The first kappa shape index (κ1) is 15.6. The second kappa shape index (κ2) is 7.79. The normalized spacial score (nSPS) is 15.7. The van der Waals surface area contributed by atoms with Crippen molar-refractivity contribution >= 4 is 23.0 Å². The summed E-state index contributed by atoms with van der Waals surface area (Å²) in [5.41, 5.74) is 1.97. The predicted molar refractivity (Wildman–Crippen MR) is 95.3 cm³/mol. The van der Waals surface area contributed by atoms with Gasteiger partial charge in [0.05, 0.1) is 22.6 Å². The highest BCUT2D eigenvalue weighted by molar-refractivity contribution is 6.33. The van der Waals surface area contributed by atoms with Crippen LogP contribution in [0.5, 0.6) is 0 Å². The number of piperazine rings is 1. The van der Waals surface area contributed by atoms with Crippen LogP contribution in [0, 0.1) is 0 Å². The molecule has 1 aliphatic heterocycles. The number of nitrogens with zero attached hydrogens (tertiary/aromatic N) is 4. The molecule has 4 nitrogen and oxygen atoms in total. The van der Waals surface area contributed by atoms with E-state index < -0.39 is 0 Å². The molecule has 1 saturated heterocycles. The third-order valence-corrected chi connectivity index (χ3v) is 4.10. The number of hydrogen-bond donors (Lipinski definition) is 0. The van der Waals surface area contributed by atoms with Crippen LogP contribution in [-0.4, -0.2) is 31.1 Å². The third kappa shape index (κ3) is 4.33. The molecule has 0 aromatic heterocycles. The molecule has 0 N–H and O–H groups in total. The monoisotopic (exact) mass is 326 g/mol. The van der Waals surface area contributed by atoms with E-state index in [0.717, 1.165) is 42.6 Å². The summed E-state index contributed by atoms with van der Waals surface area (Å²) in [6.07, 6.45) is 3.74. The standard InChI is InChI=1S/C18H19ClN4/c19-17-8-4-5-9-18(17)23-14-12-22(13-15-23)11-10-20-21-16-6-2-1-3-7-16/h1-11H,12-15H2/b11-10+,21-20?. The molecule has 0 aliphatic carbocycles. The van der Waals surface area contributed by atoms with E-state index in [-0.39, 0.29) is 0 Å². The van der Waals surface area contributed by atoms with Crippen molar-refractivity contribution in [2.75, 3.05) is 31.1 Å². The maximum atomic E-state index is 6.26. The summed E-state index contributed by atoms with van der Waals surface area (Å²) in [5.74, 6) is 0. The highest BCUT2D eigenvalue weighted by atomic mass is 35.5. The van der Waals surface area contributed by atoms with Crippen LogP contribution < -0.4 is 4.90 Å².